The molecular formula is C40H23N3. The molecule has 3 heterocycles. The quantitative estimate of drug-likeness (QED) is 0.202. The summed E-state index contributed by atoms with van der Waals surface area (Å²) in [4.78, 5) is 9.76. The first-order valence-electron chi connectivity index (χ1n) is 14.7. The molecule has 3 heteroatoms. The number of hydrogen-bond acceptors (Lipinski definition) is 2. The van der Waals surface area contributed by atoms with E-state index in [4.69, 9.17) is 9.97 Å². The lowest BCUT2D eigenvalue weighted by Gasteiger charge is -2.17. The molecule has 10 rings (SSSR count). The summed E-state index contributed by atoms with van der Waals surface area (Å²) >= 11 is 0. The van der Waals surface area contributed by atoms with Crippen molar-refractivity contribution < 1.29 is 0 Å². The van der Waals surface area contributed by atoms with Gasteiger partial charge in [-0.3, -0.25) is 4.98 Å². The number of fused-ring (bicyclic) bond motifs is 3. The zero-order valence-corrected chi connectivity index (χ0v) is 23.1. The zero-order valence-electron chi connectivity index (χ0n) is 23.1. The molecule has 198 valence electrons. The van der Waals surface area contributed by atoms with Crippen molar-refractivity contribution in [2.24, 2.45) is 0 Å². The minimum atomic E-state index is 0.920. The van der Waals surface area contributed by atoms with Gasteiger partial charge in [0.15, 0.2) is 0 Å². The van der Waals surface area contributed by atoms with Gasteiger partial charge >= 0.3 is 0 Å². The fourth-order valence-corrected chi connectivity index (χ4v) is 7.22. The van der Waals surface area contributed by atoms with Gasteiger partial charge in [-0.15, -0.1) is 0 Å². The Hall–Kier alpha value is -5.80. The summed E-state index contributed by atoms with van der Waals surface area (Å²) in [6.45, 7) is 0. The first-order chi connectivity index (χ1) is 21.3. The van der Waals surface area contributed by atoms with E-state index in [9.17, 15) is 0 Å². The monoisotopic (exact) mass is 545 g/mol. The molecule has 0 aliphatic carbocycles. The molecule has 0 aliphatic heterocycles. The van der Waals surface area contributed by atoms with Crippen LogP contribution in [-0.2, 0) is 0 Å². The molecule has 7 aromatic carbocycles. The summed E-state index contributed by atoms with van der Waals surface area (Å²) in [5.41, 5.74) is 4.92. The summed E-state index contributed by atoms with van der Waals surface area (Å²) in [5.74, 6) is 0. The van der Waals surface area contributed by atoms with Crippen molar-refractivity contribution in [3.05, 3.63) is 140 Å². The maximum absolute atomic E-state index is 4.97. The molecule has 0 saturated heterocycles. The van der Waals surface area contributed by atoms with Crippen LogP contribution in [0.5, 0.6) is 0 Å². The van der Waals surface area contributed by atoms with Crippen molar-refractivity contribution in [3.8, 4) is 22.5 Å². The molecule has 0 saturated carbocycles. The van der Waals surface area contributed by atoms with Crippen LogP contribution in [-0.4, -0.2) is 14.4 Å². The van der Waals surface area contributed by atoms with E-state index in [-0.39, 0.29) is 0 Å². The predicted molar refractivity (Wildman–Crippen MR) is 180 cm³/mol. The number of rotatable bonds is 2. The molecule has 0 aliphatic rings. The maximum Gasteiger partial charge on any atom is 0.137 e. The van der Waals surface area contributed by atoms with E-state index in [1.54, 1.807) is 0 Å². The highest BCUT2D eigenvalue weighted by molar-refractivity contribution is 6.37. The van der Waals surface area contributed by atoms with Crippen LogP contribution in [0.4, 0.5) is 0 Å². The molecule has 0 atom stereocenters. The third kappa shape index (κ3) is 3.19. The fourth-order valence-electron chi connectivity index (χ4n) is 7.22. The summed E-state index contributed by atoms with van der Waals surface area (Å²) < 4.78 is 2.04. The van der Waals surface area contributed by atoms with E-state index >= 15 is 0 Å². The smallest absolute Gasteiger partial charge is 0.137 e. The molecular weight excluding hydrogens is 522 g/mol. The van der Waals surface area contributed by atoms with Gasteiger partial charge in [-0.1, -0.05) is 84.9 Å². The van der Waals surface area contributed by atoms with E-state index in [1.165, 1.54) is 64.6 Å². The average molecular weight is 546 g/mol. The topological polar surface area (TPSA) is 30.2 Å². The molecule has 0 spiro atoms. The Balaban J connectivity index is 1.31. The first-order valence-corrected chi connectivity index (χ1v) is 14.7. The molecule has 0 amide bonds. The molecule has 0 N–H and O–H groups in total. The van der Waals surface area contributed by atoms with Crippen molar-refractivity contribution >= 4 is 70.3 Å². The van der Waals surface area contributed by atoms with E-state index in [0.29, 0.717) is 0 Å². The third-order valence-corrected chi connectivity index (χ3v) is 9.14. The zero-order chi connectivity index (χ0) is 28.1. The van der Waals surface area contributed by atoms with Crippen molar-refractivity contribution in [3.63, 3.8) is 0 Å². The SMILES string of the molecule is c1cc2ccc3cccc4c5cc(-c6ccc(-c7cn8ccccc8n7)cn6)cc6ccc7cccc(c(c1)c2c34)c7c65. The Morgan fingerprint density at radius 3 is 1.70 bits per heavy atom. The molecule has 10 aromatic rings. The Kier molecular flexibility index (Phi) is 4.45. The Morgan fingerprint density at radius 2 is 1.07 bits per heavy atom. The summed E-state index contributed by atoms with van der Waals surface area (Å²) in [6.07, 6.45) is 6.02. The third-order valence-electron chi connectivity index (χ3n) is 9.14. The molecule has 3 aromatic heterocycles. The maximum atomic E-state index is 4.97. The van der Waals surface area contributed by atoms with Gasteiger partial charge in [-0.25, -0.2) is 4.98 Å². The van der Waals surface area contributed by atoms with Gasteiger partial charge in [-0.05, 0) is 101 Å². The summed E-state index contributed by atoms with van der Waals surface area (Å²) in [7, 11) is 0. The van der Waals surface area contributed by atoms with Crippen LogP contribution in [0.2, 0.25) is 0 Å². The highest BCUT2D eigenvalue weighted by atomic mass is 15.0. The van der Waals surface area contributed by atoms with Gasteiger partial charge in [0.25, 0.3) is 0 Å². The number of benzene rings is 6. The van der Waals surface area contributed by atoms with Crippen LogP contribution in [0.25, 0.3) is 92.8 Å². The van der Waals surface area contributed by atoms with Gasteiger partial charge in [-0.2, -0.15) is 0 Å². The van der Waals surface area contributed by atoms with Crippen molar-refractivity contribution in [1.82, 2.24) is 14.4 Å². The lowest BCUT2D eigenvalue weighted by atomic mass is 9.87. The number of imidazole rings is 1. The van der Waals surface area contributed by atoms with Gasteiger partial charge in [0.2, 0.25) is 0 Å². The Labute approximate surface area is 246 Å². The van der Waals surface area contributed by atoms with Crippen LogP contribution in [0.3, 0.4) is 0 Å². The Bertz CT molecular complexity index is 2680. The molecule has 0 unspecified atom stereocenters. The highest BCUT2D eigenvalue weighted by Crippen LogP contribution is 2.44. The van der Waals surface area contributed by atoms with Crippen molar-refractivity contribution in [2.75, 3.05) is 0 Å². The van der Waals surface area contributed by atoms with Crippen LogP contribution >= 0.6 is 0 Å². The van der Waals surface area contributed by atoms with Gasteiger partial charge in [0.1, 0.15) is 5.65 Å². The van der Waals surface area contributed by atoms with E-state index < -0.39 is 0 Å². The van der Waals surface area contributed by atoms with Crippen molar-refractivity contribution in [2.45, 2.75) is 0 Å². The molecule has 0 bridgehead atoms. The average Bonchev–Trinajstić information content (AvgIpc) is 3.51. The lowest BCUT2D eigenvalue weighted by molar-refractivity contribution is 1.19. The predicted octanol–water partition coefficient (Wildman–Crippen LogP) is 10.4. The van der Waals surface area contributed by atoms with Crippen LogP contribution in [0, 0.1) is 0 Å². The van der Waals surface area contributed by atoms with E-state index in [2.05, 4.69) is 109 Å². The molecule has 0 fully saturated rings. The van der Waals surface area contributed by atoms with Gasteiger partial charge in [0.05, 0.1) is 11.4 Å². The fraction of sp³-hybridized carbons (Fsp3) is 0. The lowest BCUT2D eigenvalue weighted by Crippen LogP contribution is -1.90. The van der Waals surface area contributed by atoms with Gasteiger partial charge in [0, 0.05) is 29.7 Å². The first kappa shape index (κ1) is 22.8. The number of nitrogens with zero attached hydrogens (tertiary/aromatic N) is 3. The van der Waals surface area contributed by atoms with E-state index in [1.807, 2.05) is 35.0 Å². The number of hydrogen-bond donors (Lipinski definition) is 0. The molecule has 43 heavy (non-hydrogen) atoms. The second-order valence-electron chi connectivity index (χ2n) is 11.5. The van der Waals surface area contributed by atoms with Crippen molar-refractivity contribution in [1.29, 1.82) is 0 Å². The summed E-state index contributed by atoms with van der Waals surface area (Å²) in [6, 6.07) is 44.2. The van der Waals surface area contributed by atoms with Crippen LogP contribution in [0.1, 0.15) is 0 Å². The number of pyridine rings is 2. The van der Waals surface area contributed by atoms with Gasteiger partial charge < -0.3 is 4.40 Å². The second kappa shape index (κ2) is 8.37. The van der Waals surface area contributed by atoms with Crippen LogP contribution < -0.4 is 0 Å². The summed E-state index contributed by atoms with van der Waals surface area (Å²) in [5, 5.41) is 15.4. The highest BCUT2D eigenvalue weighted by Gasteiger charge is 2.16. The largest absolute Gasteiger partial charge is 0.306 e. The second-order valence-corrected chi connectivity index (χ2v) is 11.5. The normalized spacial score (nSPS) is 12.2. The minimum absolute atomic E-state index is 0.920. The molecule has 0 radical (unpaired) electrons. The number of aromatic nitrogens is 3. The Morgan fingerprint density at radius 1 is 0.442 bits per heavy atom. The van der Waals surface area contributed by atoms with Crippen LogP contribution in [0.15, 0.2) is 140 Å². The van der Waals surface area contributed by atoms with E-state index in [0.717, 1.165) is 28.2 Å². The minimum Gasteiger partial charge on any atom is -0.306 e. The standard InChI is InChI=1S/C40H23N3/c1-2-19-43-23-35(42-36(43)12-1)28-17-18-34(41-22-28)29-20-27-16-15-26-7-4-10-31-30-9-3-6-24-13-14-25-8-5-11-32(39(25)37(24)30)33(21-29)40(27)38(26)31/h1-23H. The molecule has 3 nitrogen and oxygen atoms in total.